The van der Waals surface area contributed by atoms with E-state index in [0.29, 0.717) is 19.8 Å². The van der Waals surface area contributed by atoms with Gasteiger partial charge in [-0.2, -0.15) is 0 Å². The third-order valence-corrected chi connectivity index (χ3v) is 7.19. The largest absolute Gasteiger partial charge is 0.493 e. The minimum atomic E-state index is -0.325. The van der Waals surface area contributed by atoms with E-state index in [-0.39, 0.29) is 7.12 Å². The van der Waals surface area contributed by atoms with Gasteiger partial charge in [0.2, 0.25) is 0 Å². The maximum Gasteiger partial charge on any atom is 0.493 e. The fraction of sp³-hybridized carbons (Fsp3) is 0.394. The lowest BCUT2D eigenvalue weighted by atomic mass is 9.77. The second-order valence-corrected chi connectivity index (χ2v) is 9.94. The molecule has 1 fully saturated rings. The maximum atomic E-state index is 6.16. The third kappa shape index (κ3) is 8.29. The van der Waals surface area contributed by atoms with E-state index >= 15 is 0 Å². The van der Waals surface area contributed by atoms with Gasteiger partial charge in [-0.1, -0.05) is 87.0 Å². The molecular formula is C33H43BN2O3. The van der Waals surface area contributed by atoms with Gasteiger partial charge in [-0.05, 0) is 71.9 Å². The van der Waals surface area contributed by atoms with E-state index in [1.54, 1.807) is 0 Å². The third-order valence-electron chi connectivity index (χ3n) is 7.19. The van der Waals surface area contributed by atoms with Crippen molar-refractivity contribution < 1.29 is 14.0 Å². The molecule has 39 heavy (non-hydrogen) atoms. The summed E-state index contributed by atoms with van der Waals surface area (Å²) < 4.78 is 18.2. The SMILES string of the molecule is CCCCN1CCOB(c2ccc(C(=C(CC)c3ccccc3)c3ccc(OCCNC)cc3)cc2)OCC1. The number of likely N-dealkylation sites (N-methyl/N-ethyl adjacent to an activating group) is 1. The van der Waals surface area contributed by atoms with Crippen molar-refractivity contribution in [2.24, 2.45) is 0 Å². The van der Waals surface area contributed by atoms with Crippen molar-refractivity contribution in [3.8, 4) is 5.75 Å². The van der Waals surface area contributed by atoms with E-state index in [1.165, 1.54) is 40.7 Å². The fourth-order valence-corrected chi connectivity index (χ4v) is 5.01. The van der Waals surface area contributed by atoms with Gasteiger partial charge in [0.15, 0.2) is 0 Å². The average molecular weight is 527 g/mol. The van der Waals surface area contributed by atoms with Crippen LogP contribution in [-0.4, -0.2) is 65.1 Å². The molecule has 0 amide bonds. The second-order valence-electron chi connectivity index (χ2n) is 9.94. The first-order valence-electron chi connectivity index (χ1n) is 14.5. The van der Waals surface area contributed by atoms with Crippen LogP contribution < -0.4 is 15.5 Å². The zero-order chi connectivity index (χ0) is 27.3. The van der Waals surface area contributed by atoms with Gasteiger partial charge in [0.05, 0.1) is 0 Å². The van der Waals surface area contributed by atoms with Crippen molar-refractivity contribution in [2.75, 3.05) is 53.0 Å². The monoisotopic (exact) mass is 526 g/mol. The Morgan fingerprint density at radius 1 is 0.846 bits per heavy atom. The minimum Gasteiger partial charge on any atom is -0.492 e. The number of allylic oxidation sites excluding steroid dienone is 1. The van der Waals surface area contributed by atoms with Crippen molar-refractivity contribution in [1.82, 2.24) is 10.2 Å². The van der Waals surface area contributed by atoms with Crippen LogP contribution >= 0.6 is 0 Å². The molecule has 3 aromatic carbocycles. The summed E-state index contributed by atoms with van der Waals surface area (Å²) in [5, 5.41) is 3.12. The highest BCUT2D eigenvalue weighted by Gasteiger charge is 2.24. The van der Waals surface area contributed by atoms with E-state index < -0.39 is 0 Å². The number of hydrogen-bond acceptors (Lipinski definition) is 5. The van der Waals surface area contributed by atoms with Crippen LogP contribution in [0.25, 0.3) is 11.1 Å². The molecule has 0 unspecified atom stereocenters. The Kier molecular flexibility index (Phi) is 11.7. The summed E-state index contributed by atoms with van der Waals surface area (Å²) in [5.41, 5.74) is 7.22. The number of unbranched alkanes of at least 4 members (excludes halogenated alkanes) is 1. The highest BCUT2D eigenvalue weighted by atomic mass is 16.6. The summed E-state index contributed by atoms with van der Waals surface area (Å²) in [5.74, 6) is 0.883. The number of nitrogens with zero attached hydrogens (tertiary/aromatic N) is 1. The standard InChI is InChI=1S/C33H43BN2O3/c1-4-6-21-36-22-25-38-34(39-26-23-36)30-16-12-28(13-17-30)33(32(5-2)27-10-8-7-9-11-27)29-14-18-31(19-15-29)37-24-20-35-3/h7-19,35H,4-6,20-26H2,1-3H3. The van der Waals surface area contributed by atoms with Crippen LogP contribution in [0.15, 0.2) is 78.9 Å². The van der Waals surface area contributed by atoms with Gasteiger partial charge in [0.1, 0.15) is 12.4 Å². The lowest BCUT2D eigenvalue weighted by Crippen LogP contribution is -2.44. The Hall–Kier alpha value is -2.90. The van der Waals surface area contributed by atoms with Crippen LogP contribution in [0.1, 0.15) is 49.8 Å². The Morgan fingerprint density at radius 3 is 2.08 bits per heavy atom. The molecule has 0 bridgehead atoms. The fourth-order valence-electron chi connectivity index (χ4n) is 5.01. The van der Waals surface area contributed by atoms with Crippen LogP contribution in [0, 0.1) is 0 Å². The zero-order valence-electron chi connectivity index (χ0n) is 23.8. The molecule has 1 N–H and O–H groups in total. The van der Waals surface area contributed by atoms with Crippen molar-refractivity contribution in [3.05, 3.63) is 95.6 Å². The van der Waals surface area contributed by atoms with E-state index in [9.17, 15) is 0 Å². The van der Waals surface area contributed by atoms with Crippen LogP contribution in [0.2, 0.25) is 0 Å². The van der Waals surface area contributed by atoms with Crippen LogP contribution in [0.4, 0.5) is 0 Å². The number of ether oxygens (including phenoxy) is 1. The van der Waals surface area contributed by atoms with Crippen molar-refractivity contribution in [3.63, 3.8) is 0 Å². The zero-order valence-corrected chi connectivity index (χ0v) is 23.8. The molecule has 1 aliphatic heterocycles. The predicted octanol–water partition coefficient (Wildman–Crippen LogP) is 5.50. The molecule has 4 rings (SSSR count). The van der Waals surface area contributed by atoms with Gasteiger partial charge >= 0.3 is 7.12 Å². The number of rotatable bonds is 12. The molecule has 0 saturated carbocycles. The molecule has 0 aromatic heterocycles. The highest BCUT2D eigenvalue weighted by Crippen LogP contribution is 2.34. The van der Waals surface area contributed by atoms with E-state index in [4.69, 9.17) is 14.0 Å². The smallest absolute Gasteiger partial charge is 0.492 e. The summed E-state index contributed by atoms with van der Waals surface area (Å²) in [7, 11) is 1.61. The summed E-state index contributed by atoms with van der Waals surface area (Å²) in [4.78, 5) is 2.44. The molecule has 0 radical (unpaired) electrons. The van der Waals surface area contributed by atoms with Crippen molar-refractivity contribution in [1.29, 1.82) is 0 Å². The minimum absolute atomic E-state index is 0.325. The number of nitrogens with one attached hydrogen (secondary N) is 1. The Labute approximate surface area is 235 Å². The molecule has 6 heteroatoms. The van der Waals surface area contributed by atoms with E-state index in [2.05, 4.69) is 103 Å². The van der Waals surface area contributed by atoms with Crippen molar-refractivity contribution >= 4 is 23.7 Å². The molecule has 5 nitrogen and oxygen atoms in total. The Bertz CT molecular complexity index is 1140. The lowest BCUT2D eigenvalue weighted by molar-refractivity contribution is 0.116. The van der Waals surface area contributed by atoms with Gasteiger partial charge in [-0.25, -0.2) is 0 Å². The molecule has 0 spiro atoms. The average Bonchev–Trinajstić information content (AvgIpc) is 2.97. The summed E-state index contributed by atoms with van der Waals surface area (Å²) in [6.07, 6.45) is 3.35. The van der Waals surface area contributed by atoms with Crippen LogP contribution in [-0.2, 0) is 9.31 Å². The quantitative estimate of drug-likeness (QED) is 0.192. The second kappa shape index (κ2) is 15.6. The normalized spacial score (nSPS) is 15.4. The Balaban J connectivity index is 1.59. The van der Waals surface area contributed by atoms with Crippen molar-refractivity contribution in [2.45, 2.75) is 33.1 Å². The van der Waals surface area contributed by atoms with E-state index in [1.807, 2.05) is 7.05 Å². The summed E-state index contributed by atoms with van der Waals surface area (Å²) in [6, 6.07) is 27.9. The lowest BCUT2D eigenvalue weighted by Gasteiger charge is -2.27. The van der Waals surface area contributed by atoms with Gasteiger partial charge in [0, 0.05) is 32.8 Å². The van der Waals surface area contributed by atoms with E-state index in [0.717, 1.165) is 43.8 Å². The summed E-state index contributed by atoms with van der Waals surface area (Å²) >= 11 is 0. The summed E-state index contributed by atoms with van der Waals surface area (Å²) in [6.45, 7) is 10.3. The van der Waals surface area contributed by atoms with Gasteiger partial charge < -0.3 is 19.4 Å². The first kappa shape index (κ1) is 29.1. The van der Waals surface area contributed by atoms with Crippen LogP contribution in [0.3, 0.4) is 0 Å². The molecule has 0 aliphatic carbocycles. The topological polar surface area (TPSA) is 43.0 Å². The molecule has 3 aromatic rings. The molecule has 1 saturated heterocycles. The maximum absolute atomic E-state index is 6.16. The Morgan fingerprint density at radius 2 is 1.49 bits per heavy atom. The first-order valence-corrected chi connectivity index (χ1v) is 14.5. The highest BCUT2D eigenvalue weighted by molar-refractivity contribution is 6.61. The van der Waals surface area contributed by atoms with Gasteiger partial charge in [-0.15, -0.1) is 0 Å². The number of hydrogen-bond donors (Lipinski definition) is 1. The predicted molar refractivity (Wildman–Crippen MR) is 164 cm³/mol. The van der Waals surface area contributed by atoms with Crippen LogP contribution in [0.5, 0.6) is 5.75 Å². The first-order chi connectivity index (χ1) is 19.2. The molecule has 206 valence electrons. The molecule has 1 heterocycles. The van der Waals surface area contributed by atoms with Gasteiger partial charge in [-0.3, -0.25) is 4.90 Å². The number of benzene rings is 3. The molecule has 1 aliphatic rings. The molecule has 0 atom stereocenters. The van der Waals surface area contributed by atoms with Gasteiger partial charge in [0.25, 0.3) is 0 Å². The molecular weight excluding hydrogens is 483 g/mol.